The molecule has 0 atom stereocenters. The van der Waals surface area contributed by atoms with Crippen LogP contribution in [0.5, 0.6) is 0 Å². The quantitative estimate of drug-likeness (QED) is 0.474. The van der Waals surface area contributed by atoms with Crippen LogP contribution in [0.4, 0.5) is 22.0 Å². The second-order valence-electron chi connectivity index (χ2n) is 5.16. The van der Waals surface area contributed by atoms with E-state index in [1.54, 1.807) is 6.92 Å². The summed E-state index contributed by atoms with van der Waals surface area (Å²) in [5, 5.41) is 0.194. The van der Waals surface area contributed by atoms with Gasteiger partial charge in [-0.2, -0.15) is 27.1 Å². The molecular weight excluding hydrogens is 353 g/mol. The molecule has 2 aromatic heterocycles. The van der Waals surface area contributed by atoms with Crippen molar-refractivity contribution >= 4 is 17.2 Å². The molecule has 9 heteroatoms. The predicted molar refractivity (Wildman–Crippen MR) is 77.9 cm³/mol. The number of nitrogens with zero attached hydrogens (tertiary/aromatic N) is 3. The third kappa shape index (κ3) is 3.06. The maximum atomic E-state index is 13.6. The lowest BCUT2D eigenvalue weighted by Crippen LogP contribution is -2.12. The summed E-state index contributed by atoms with van der Waals surface area (Å²) in [6.07, 6.45) is -4.48. The number of hydrogen-bond donors (Lipinski definition) is 0. The fourth-order valence-corrected chi connectivity index (χ4v) is 2.40. The van der Waals surface area contributed by atoms with Crippen LogP contribution >= 0.6 is 11.6 Å². The van der Waals surface area contributed by atoms with Crippen LogP contribution in [-0.4, -0.2) is 14.6 Å². The van der Waals surface area contributed by atoms with Gasteiger partial charge in [0.05, 0.1) is 17.0 Å². The van der Waals surface area contributed by atoms with Gasteiger partial charge in [-0.15, -0.1) is 0 Å². The van der Waals surface area contributed by atoms with E-state index in [0.717, 1.165) is 22.7 Å². The van der Waals surface area contributed by atoms with Crippen molar-refractivity contribution in [2.45, 2.75) is 18.5 Å². The Morgan fingerprint density at radius 1 is 1.00 bits per heavy atom. The van der Waals surface area contributed by atoms with Gasteiger partial charge in [0.15, 0.2) is 5.65 Å². The van der Waals surface area contributed by atoms with E-state index in [1.807, 2.05) is 0 Å². The number of fused-ring (bicyclic) bond motifs is 1. The fourth-order valence-electron chi connectivity index (χ4n) is 2.27. The van der Waals surface area contributed by atoms with Crippen molar-refractivity contribution in [2.24, 2.45) is 0 Å². The molecule has 0 radical (unpaired) electrons. The molecule has 24 heavy (non-hydrogen) atoms. The highest BCUT2D eigenvalue weighted by Crippen LogP contribution is 2.35. The van der Waals surface area contributed by atoms with Crippen LogP contribution in [0, 0.1) is 6.92 Å². The van der Waals surface area contributed by atoms with E-state index in [-0.39, 0.29) is 16.9 Å². The molecule has 0 bridgehead atoms. The lowest BCUT2D eigenvalue weighted by molar-refractivity contribution is -0.137. The molecule has 2 heterocycles. The molecular formula is C15H9ClF5N3. The average molecular weight is 362 g/mol. The summed E-state index contributed by atoms with van der Waals surface area (Å²) < 4.78 is 66.0. The number of alkyl halides is 6. The summed E-state index contributed by atoms with van der Waals surface area (Å²) in [5.74, 6) is 0. The van der Waals surface area contributed by atoms with Gasteiger partial charge in [0.2, 0.25) is 0 Å². The third-order valence-corrected chi connectivity index (χ3v) is 3.54. The molecule has 0 aliphatic heterocycles. The van der Waals surface area contributed by atoms with E-state index in [9.17, 15) is 22.0 Å². The molecule has 1 aromatic carbocycles. The first-order valence-corrected chi connectivity index (χ1v) is 7.06. The summed E-state index contributed by atoms with van der Waals surface area (Å²) in [6.45, 7) is 1.60. The number of hydrogen-bond acceptors (Lipinski definition) is 2. The summed E-state index contributed by atoms with van der Waals surface area (Å²) in [5.41, 5.74) is -0.542. The summed E-state index contributed by atoms with van der Waals surface area (Å²) >= 11 is 5.12. The molecule has 0 spiro atoms. The Labute approximate surface area is 137 Å². The van der Waals surface area contributed by atoms with Gasteiger partial charge in [-0.3, -0.25) is 0 Å². The van der Waals surface area contributed by atoms with Crippen LogP contribution in [0.25, 0.3) is 16.9 Å². The third-order valence-electron chi connectivity index (χ3n) is 3.35. The minimum Gasteiger partial charge on any atom is -0.229 e. The van der Waals surface area contributed by atoms with Crippen molar-refractivity contribution in [2.75, 3.05) is 0 Å². The molecule has 0 saturated heterocycles. The van der Waals surface area contributed by atoms with E-state index in [2.05, 4.69) is 10.1 Å². The second kappa shape index (κ2) is 5.41. The number of rotatable bonds is 2. The van der Waals surface area contributed by atoms with Gasteiger partial charge in [0.25, 0.3) is 0 Å². The van der Waals surface area contributed by atoms with Gasteiger partial charge in [-0.1, -0.05) is 12.1 Å². The van der Waals surface area contributed by atoms with Crippen LogP contribution in [0.3, 0.4) is 0 Å². The standard InChI is InChI=1S/C15H9ClF5N3/c1-8-6-13-22-11(7-12(14(16,17)18)24(13)23-8)9-2-4-10(5-3-9)15(19,20)21/h2-7H,1H3. The van der Waals surface area contributed by atoms with Gasteiger partial charge in [-0.25, -0.2) is 9.50 Å². The van der Waals surface area contributed by atoms with Crippen LogP contribution in [0.2, 0.25) is 0 Å². The highest BCUT2D eigenvalue weighted by atomic mass is 35.5. The first kappa shape index (κ1) is 16.6. The van der Waals surface area contributed by atoms with Gasteiger partial charge in [-0.05, 0) is 36.7 Å². The van der Waals surface area contributed by atoms with E-state index in [1.165, 1.54) is 18.2 Å². The molecule has 0 aliphatic rings. The zero-order valence-electron chi connectivity index (χ0n) is 12.1. The largest absolute Gasteiger partial charge is 0.416 e. The maximum absolute atomic E-state index is 13.6. The summed E-state index contributed by atoms with van der Waals surface area (Å²) in [7, 11) is 0. The van der Waals surface area contributed by atoms with Crippen LogP contribution < -0.4 is 0 Å². The van der Waals surface area contributed by atoms with E-state index < -0.39 is 22.8 Å². The van der Waals surface area contributed by atoms with Gasteiger partial charge in [0.1, 0.15) is 5.69 Å². The molecule has 0 fully saturated rings. The summed E-state index contributed by atoms with van der Waals surface area (Å²) in [6, 6.07) is 6.54. The molecule has 3 nitrogen and oxygen atoms in total. The van der Waals surface area contributed by atoms with Crippen LogP contribution in [0.15, 0.2) is 36.4 Å². The molecule has 126 valence electrons. The van der Waals surface area contributed by atoms with E-state index in [4.69, 9.17) is 11.6 Å². The lowest BCUT2D eigenvalue weighted by atomic mass is 10.1. The zero-order valence-corrected chi connectivity index (χ0v) is 12.8. The topological polar surface area (TPSA) is 30.2 Å². The Morgan fingerprint density at radius 3 is 2.17 bits per heavy atom. The first-order chi connectivity index (χ1) is 11.1. The molecule has 0 aliphatic carbocycles. The van der Waals surface area contributed by atoms with Crippen molar-refractivity contribution in [3.05, 3.63) is 53.3 Å². The van der Waals surface area contributed by atoms with Crippen molar-refractivity contribution in [3.8, 4) is 11.3 Å². The highest BCUT2D eigenvalue weighted by Gasteiger charge is 2.33. The Balaban J connectivity index is 2.16. The maximum Gasteiger partial charge on any atom is 0.416 e. The van der Waals surface area contributed by atoms with E-state index >= 15 is 0 Å². The Kier molecular flexibility index (Phi) is 3.75. The molecule has 3 rings (SSSR count). The van der Waals surface area contributed by atoms with Gasteiger partial charge < -0.3 is 0 Å². The Morgan fingerprint density at radius 2 is 1.62 bits per heavy atom. The van der Waals surface area contributed by atoms with Crippen LogP contribution in [-0.2, 0) is 11.6 Å². The Bertz CT molecular complexity index is 894. The molecule has 0 amide bonds. The second-order valence-corrected chi connectivity index (χ2v) is 5.63. The Hall–Kier alpha value is -2.22. The van der Waals surface area contributed by atoms with Gasteiger partial charge in [0, 0.05) is 11.6 Å². The van der Waals surface area contributed by atoms with E-state index in [0.29, 0.717) is 5.69 Å². The normalized spacial score (nSPS) is 12.8. The molecule has 0 N–H and O–H groups in total. The first-order valence-electron chi connectivity index (χ1n) is 6.68. The van der Waals surface area contributed by atoms with Crippen molar-refractivity contribution in [1.82, 2.24) is 14.6 Å². The minimum atomic E-state index is -4.48. The zero-order chi connectivity index (χ0) is 17.7. The predicted octanol–water partition coefficient (Wildman–Crippen LogP) is 5.01. The van der Waals surface area contributed by atoms with Gasteiger partial charge >= 0.3 is 11.6 Å². The lowest BCUT2D eigenvalue weighted by Gasteiger charge is -2.12. The molecule has 0 unspecified atom stereocenters. The molecule has 0 saturated carbocycles. The number of benzene rings is 1. The minimum absolute atomic E-state index is 0.0754. The number of aryl methyl sites for hydroxylation is 1. The average Bonchev–Trinajstić information content (AvgIpc) is 2.84. The number of halogens is 6. The van der Waals surface area contributed by atoms with Crippen LogP contribution in [0.1, 0.15) is 17.0 Å². The smallest absolute Gasteiger partial charge is 0.229 e. The SMILES string of the molecule is Cc1cc2nc(-c3ccc(C(F)(F)F)cc3)cc(C(F)(F)Cl)n2n1. The van der Waals surface area contributed by atoms with Crippen molar-refractivity contribution in [1.29, 1.82) is 0 Å². The summed E-state index contributed by atoms with van der Waals surface area (Å²) in [4.78, 5) is 4.16. The monoisotopic (exact) mass is 361 g/mol. The highest BCUT2D eigenvalue weighted by molar-refractivity contribution is 6.21. The number of aromatic nitrogens is 3. The molecule has 3 aromatic rings. The van der Waals surface area contributed by atoms with Crippen molar-refractivity contribution < 1.29 is 22.0 Å². The fraction of sp³-hybridized carbons (Fsp3) is 0.200. The van der Waals surface area contributed by atoms with Crippen molar-refractivity contribution in [3.63, 3.8) is 0 Å².